The summed E-state index contributed by atoms with van der Waals surface area (Å²) in [6.45, 7) is 9.70. The third-order valence-electron chi connectivity index (χ3n) is 3.43. The zero-order valence-corrected chi connectivity index (χ0v) is 12.3. The quantitative estimate of drug-likeness (QED) is 0.667. The number of hydrogen-bond acceptors (Lipinski definition) is 2. The summed E-state index contributed by atoms with van der Waals surface area (Å²) >= 11 is 0. The molecule has 0 heterocycles. The van der Waals surface area contributed by atoms with E-state index in [0.717, 1.165) is 23.1 Å². The summed E-state index contributed by atoms with van der Waals surface area (Å²) in [6, 6.07) is 2.06. The maximum absolute atomic E-state index is 12.2. The lowest BCUT2D eigenvalue weighted by molar-refractivity contribution is -0.104. The van der Waals surface area contributed by atoms with E-state index in [1.807, 2.05) is 20.8 Å². The van der Waals surface area contributed by atoms with Gasteiger partial charge in [0.15, 0.2) is 0 Å². The van der Waals surface area contributed by atoms with Crippen LogP contribution in [0.25, 0.3) is 0 Å². The van der Waals surface area contributed by atoms with Crippen LogP contribution in [0.2, 0.25) is 0 Å². The van der Waals surface area contributed by atoms with Crippen LogP contribution in [-0.2, 0) is 11.2 Å². The van der Waals surface area contributed by atoms with Gasteiger partial charge in [-0.05, 0) is 56.4 Å². The highest BCUT2D eigenvalue weighted by Gasteiger charge is 2.15. The molecule has 1 N–H and O–H groups in total. The van der Waals surface area contributed by atoms with Crippen molar-refractivity contribution in [3.63, 3.8) is 0 Å². The van der Waals surface area contributed by atoms with E-state index in [1.54, 1.807) is 6.92 Å². The molecule has 1 aromatic rings. The van der Waals surface area contributed by atoms with Crippen LogP contribution in [0.1, 0.15) is 46.5 Å². The minimum atomic E-state index is -0.165. The molecule has 0 aromatic heterocycles. The molecule has 0 radical (unpaired) electrons. The molecule has 0 aliphatic heterocycles. The first-order chi connectivity index (χ1) is 8.92. The highest BCUT2D eigenvalue weighted by molar-refractivity contribution is 5.98. The van der Waals surface area contributed by atoms with Crippen molar-refractivity contribution in [3.05, 3.63) is 45.7 Å². The Bertz CT molecular complexity index is 542. The van der Waals surface area contributed by atoms with E-state index in [4.69, 9.17) is 0 Å². The first-order valence-electron chi connectivity index (χ1n) is 6.44. The lowest BCUT2D eigenvalue weighted by atomic mass is 9.92. The van der Waals surface area contributed by atoms with Crippen molar-refractivity contribution in [2.75, 3.05) is 0 Å². The molecule has 0 atom stereocenters. The number of aryl methyl sites for hydroxylation is 2. The number of carbonyl (C=O) groups is 2. The Morgan fingerprint density at radius 1 is 1.26 bits per heavy atom. The molecule has 102 valence electrons. The lowest BCUT2D eigenvalue weighted by Gasteiger charge is -2.15. The molecule has 3 nitrogen and oxygen atoms in total. The van der Waals surface area contributed by atoms with Gasteiger partial charge in [-0.1, -0.05) is 13.0 Å². The van der Waals surface area contributed by atoms with E-state index in [9.17, 15) is 9.59 Å². The van der Waals surface area contributed by atoms with Gasteiger partial charge in [0.05, 0.1) is 0 Å². The van der Waals surface area contributed by atoms with E-state index >= 15 is 0 Å². The van der Waals surface area contributed by atoms with Crippen LogP contribution in [-0.4, -0.2) is 12.2 Å². The number of aldehydes is 1. The minimum absolute atomic E-state index is 0.165. The molecule has 0 saturated heterocycles. The van der Waals surface area contributed by atoms with Gasteiger partial charge in [-0.25, -0.2) is 0 Å². The summed E-state index contributed by atoms with van der Waals surface area (Å²) in [5.74, 6) is -0.165. The fourth-order valence-corrected chi connectivity index (χ4v) is 2.17. The molecular formula is C16H21NO2. The van der Waals surface area contributed by atoms with Crippen LogP contribution < -0.4 is 5.32 Å². The van der Waals surface area contributed by atoms with Crippen LogP contribution in [0, 0.1) is 20.8 Å². The lowest BCUT2D eigenvalue weighted by Crippen LogP contribution is -2.21. The Hall–Kier alpha value is -1.90. The van der Waals surface area contributed by atoms with Crippen molar-refractivity contribution in [1.29, 1.82) is 0 Å². The predicted octanol–water partition coefficient (Wildman–Crippen LogP) is 3.01. The molecule has 1 aromatic carbocycles. The second kappa shape index (κ2) is 6.32. The summed E-state index contributed by atoms with van der Waals surface area (Å²) in [4.78, 5) is 22.7. The Labute approximate surface area is 114 Å². The topological polar surface area (TPSA) is 46.2 Å². The van der Waals surface area contributed by atoms with Crippen LogP contribution in [0.4, 0.5) is 0 Å². The smallest absolute Gasteiger partial charge is 0.255 e. The monoisotopic (exact) mass is 259 g/mol. The van der Waals surface area contributed by atoms with E-state index in [-0.39, 0.29) is 5.91 Å². The van der Waals surface area contributed by atoms with Crippen molar-refractivity contribution in [3.8, 4) is 0 Å². The first kappa shape index (κ1) is 15.2. The number of hydrogen-bond donors (Lipinski definition) is 1. The van der Waals surface area contributed by atoms with Gasteiger partial charge >= 0.3 is 0 Å². The third kappa shape index (κ3) is 3.31. The Balaban J connectivity index is 3.17. The molecule has 0 fully saturated rings. The highest BCUT2D eigenvalue weighted by Crippen LogP contribution is 2.22. The second-order valence-electron chi connectivity index (χ2n) is 4.81. The molecular weight excluding hydrogens is 238 g/mol. The molecule has 0 aliphatic rings. The fraction of sp³-hybridized carbons (Fsp3) is 0.375. The largest absolute Gasteiger partial charge is 0.328 e. The molecule has 0 saturated carbocycles. The van der Waals surface area contributed by atoms with Gasteiger partial charge in [-0.15, -0.1) is 0 Å². The van der Waals surface area contributed by atoms with Gasteiger partial charge in [0, 0.05) is 17.3 Å². The zero-order chi connectivity index (χ0) is 14.6. The molecule has 0 unspecified atom stereocenters. The van der Waals surface area contributed by atoms with E-state index in [2.05, 4.69) is 18.3 Å². The van der Waals surface area contributed by atoms with E-state index in [1.165, 1.54) is 11.8 Å². The van der Waals surface area contributed by atoms with Gasteiger partial charge < -0.3 is 5.32 Å². The summed E-state index contributed by atoms with van der Waals surface area (Å²) in [7, 11) is 0. The molecule has 3 heteroatoms. The first-order valence-corrected chi connectivity index (χ1v) is 6.44. The van der Waals surface area contributed by atoms with Crippen molar-refractivity contribution in [2.45, 2.75) is 41.0 Å². The molecule has 0 bridgehead atoms. The average Bonchev–Trinajstić information content (AvgIpc) is 2.40. The maximum Gasteiger partial charge on any atom is 0.255 e. The normalized spacial score (nSPS) is 11.3. The highest BCUT2D eigenvalue weighted by atomic mass is 16.1. The zero-order valence-electron chi connectivity index (χ0n) is 12.3. The van der Waals surface area contributed by atoms with Gasteiger partial charge in [0.1, 0.15) is 6.29 Å². The third-order valence-corrected chi connectivity index (χ3v) is 3.43. The average molecular weight is 259 g/mol. The number of carbonyl (C=O) groups excluding carboxylic acids is 2. The van der Waals surface area contributed by atoms with Crippen LogP contribution in [0.3, 0.4) is 0 Å². The summed E-state index contributed by atoms with van der Waals surface area (Å²) in [5.41, 5.74) is 5.59. The molecule has 1 amide bonds. The number of nitrogens with one attached hydrogen (secondary N) is 1. The van der Waals surface area contributed by atoms with Gasteiger partial charge in [-0.2, -0.15) is 0 Å². The molecule has 1 rings (SSSR count). The van der Waals surface area contributed by atoms with Gasteiger partial charge in [-0.3, -0.25) is 9.59 Å². The summed E-state index contributed by atoms with van der Waals surface area (Å²) in [6.07, 6.45) is 3.11. The predicted molar refractivity (Wildman–Crippen MR) is 77.3 cm³/mol. The standard InChI is InChI=1S/C16H21NO2/c1-6-14-7-11(3)15(13(5)12(14)4)16(19)17-8-10(2)9-18/h7-9H,6H2,1-5H3,(H,17,19)/b10-8-. The van der Waals surface area contributed by atoms with Crippen LogP contribution in [0.5, 0.6) is 0 Å². The van der Waals surface area contributed by atoms with Crippen molar-refractivity contribution < 1.29 is 9.59 Å². The van der Waals surface area contributed by atoms with Gasteiger partial charge in [0.25, 0.3) is 5.91 Å². The van der Waals surface area contributed by atoms with Crippen molar-refractivity contribution in [2.24, 2.45) is 0 Å². The van der Waals surface area contributed by atoms with E-state index < -0.39 is 0 Å². The van der Waals surface area contributed by atoms with Crippen LogP contribution >= 0.6 is 0 Å². The minimum Gasteiger partial charge on any atom is -0.328 e. The fourth-order valence-electron chi connectivity index (χ4n) is 2.17. The number of amides is 1. The SMILES string of the molecule is CCc1cc(C)c(C(=O)N/C=C(/C)C=O)c(C)c1C. The van der Waals surface area contributed by atoms with Crippen molar-refractivity contribution >= 4 is 12.2 Å². The summed E-state index contributed by atoms with van der Waals surface area (Å²) in [5, 5.41) is 2.66. The Morgan fingerprint density at radius 2 is 1.89 bits per heavy atom. The Kier molecular flexibility index (Phi) is 5.04. The number of allylic oxidation sites excluding steroid dienone is 1. The van der Waals surface area contributed by atoms with Crippen molar-refractivity contribution in [1.82, 2.24) is 5.32 Å². The number of rotatable bonds is 4. The molecule has 19 heavy (non-hydrogen) atoms. The molecule has 0 spiro atoms. The number of benzene rings is 1. The maximum atomic E-state index is 12.2. The summed E-state index contributed by atoms with van der Waals surface area (Å²) < 4.78 is 0. The Morgan fingerprint density at radius 3 is 2.42 bits per heavy atom. The van der Waals surface area contributed by atoms with Crippen LogP contribution in [0.15, 0.2) is 17.8 Å². The second-order valence-corrected chi connectivity index (χ2v) is 4.81. The molecule has 0 aliphatic carbocycles. The van der Waals surface area contributed by atoms with Gasteiger partial charge in [0.2, 0.25) is 0 Å². The van der Waals surface area contributed by atoms with E-state index in [0.29, 0.717) is 17.4 Å².